The summed E-state index contributed by atoms with van der Waals surface area (Å²) in [4.78, 5) is 12.9. The van der Waals surface area contributed by atoms with E-state index in [0.717, 1.165) is 25.7 Å². The van der Waals surface area contributed by atoms with E-state index in [1.807, 2.05) is 0 Å². The quantitative estimate of drug-likeness (QED) is 0.579. The van der Waals surface area contributed by atoms with E-state index in [1.165, 1.54) is 41.4 Å². The van der Waals surface area contributed by atoms with E-state index in [1.54, 1.807) is 24.3 Å². The number of amides is 1. The highest BCUT2D eigenvalue weighted by molar-refractivity contribution is 7.89. The van der Waals surface area contributed by atoms with Crippen molar-refractivity contribution in [1.82, 2.24) is 9.62 Å². The van der Waals surface area contributed by atoms with Crippen LogP contribution in [-0.2, 0) is 21.4 Å². The highest BCUT2D eigenvalue weighted by Crippen LogP contribution is 2.22. The molecule has 0 bridgehead atoms. The molecule has 1 N–H and O–H groups in total. The van der Waals surface area contributed by atoms with Crippen LogP contribution in [-0.4, -0.2) is 31.2 Å². The molecule has 5 nitrogen and oxygen atoms in total. The monoisotopic (exact) mass is 468 g/mol. The van der Waals surface area contributed by atoms with Crippen LogP contribution in [0, 0.1) is 0 Å². The highest BCUT2D eigenvalue weighted by atomic mass is 35.5. The first-order valence-electron chi connectivity index (χ1n) is 10.1. The van der Waals surface area contributed by atoms with Crippen LogP contribution in [0.25, 0.3) is 0 Å². The summed E-state index contributed by atoms with van der Waals surface area (Å²) in [6.07, 6.45) is 6.39. The highest BCUT2D eigenvalue weighted by Gasteiger charge is 2.28. The molecule has 1 saturated carbocycles. The lowest BCUT2D eigenvalue weighted by molar-refractivity contribution is -0.122. The van der Waals surface area contributed by atoms with Gasteiger partial charge in [-0.15, -0.1) is 0 Å². The van der Waals surface area contributed by atoms with Gasteiger partial charge in [0, 0.05) is 22.6 Å². The number of nitrogens with zero attached hydrogens (tertiary/aromatic N) is 1. The Labute approximate surface area is 188 Å². The van der Waals surface area contributed by atoms with Gasteiger partial charge in [0.25, 0.3) is 0 Å². The first kappa shape index (κ1) is 23.1. The number of rotatable bonds is 7. The van der Waals surface area contributed by atoms with E-state index in [0.29, 0.717) is 15.6 Å². The average Bonchev–Trinajstić information content (AvgIpc) is 2.96. The normalized spacial score (nSPS) is 15.7. The molecule has 1 aliphatic carbocycles. The number of benzene rings is 2. The van der Waals surface area contributed by atoms with Crippen LogP contribution >= 0.6 is 23.2 Å². The Morgan fingerprint density at radius 1 is 0.967 bits per heavy atom. The first-order chi connectivity index (χ1) is 14.3. The lowest BCUT2D eigenvalue weighted by Gasteiger charge is -2.24. The van der Waals surface area contributed by atoms with Crippen molar-refractivity contribution in [2.75, 3.05) is 6.54 Å². The van der Waals surface area contributed by atoms with Crippen LogP contribution < -0.4 is 5.32 Å². The third-order valence-electron chi connectivity index (χ3n) is 5.24. The van der Waals surface area contributed by atoms with Crippen LogP contribution in [0.2, 0.25) is 10.0 Å². The van der Waals surface area contributed by atoms with E-state index in [-0.39, 0.29) is 29.9 Å². The van der Waals surface area contributed by atoms with Crippen molar-refractivity contribution in [3.8, 4) is 0 Å². The number of halogens is 2. The molecular formula is C22H26Cl2N2O3S. The molecule has 3 rings (SSSR count). The number of sulfonamides is 1. The Kier molecular flexibility index (Phi) is 8.17. The zero-order valence-electron chi connectivity index (χ0n) is 16.7. The van der Waals surface area contributed by atoms with Gasteiger partial charge < -0.3 is 5.32 Å². The number of carbonyl (C=O) groups excluding carboxylic acids is 1. The van der Waals surface area contributed by atoms with Gasteiger partial charge in [-0.2, -0.15) is 4.31 Å². The topological polar surface area (TPSA) is 66.5 Å². The predicted octanol–water partition coefficient (Wildman–Crippen LogP) is 5.02. The first-order valence-corrected chi connectivity index (χ1v) is 12.3. The summed E-state index contributed by atoms with van der Waals surface area (Å²) in [5, 5.41) is 3.99. The van der Waals surface area contributed by atoms with Gasteiger partial charge in [0.05, 0.1) is 11.4 Å². The van der Waals surface area contributed by atoms with E-state index < -0.39 is 10.0 Å². The molecule has 0 saturated heterocycles. The lowest BCUT2D eigenvalue weighted by Crippen LogP contribution is -2.43. The summed E-state index contributed by atoms with van der Waals surface area (Å²) in [6, 6.07) is 13.0. The van der Waals surface area contributed by atoms with Crippen molar-refractivity contribution in [3.63, 3.8) is 0 Å². The third-order valence-corrected chi connectivity index (χ3v) is 7.53. The summed E-state index contributed by atoms with van der Waals surface area (Å²) in [7, 11) is -3.90. The fourth-order valence-electron chi connectivity index (χ4n) is 3.68. The van der Waals surface area contributed by atoms with Gasteiger partial charge in [-0.3, -0.25) is 4.79 Å². The van der Waals surface area contributed by atoms with Gasteiger partial charge in [0.2, 0.25) is 15.9 Å². The Bertz CT molecular complexity index is 957. The molecule has 0 unspecified atom stereocenters. The molecule has 1 fully saturated rings. The predicted molar refractivity (Wildman–Crippen MR) is 120 cm³/mol. The minimum Gasteiger partial charge on any atom is -0.352 e. The number of hydrogen-bond donors (Lipinski definition) is 1. The van der Waals surface area contributed by atoms with Gasteiger partial charge in [0.1, 0.15) is 0 Å². The molecule has 0 aliphatic heterocycles. The van der Waals surface area contributed by atoms with Crippen LogP contribution in [0.3, 0.4) is 0 Å². The summed E-state index contributed by atoms with van der Waals surface area (Å²) in [5.41, 5.74) is 0.710. The zero-order chi connectivity index (χ0) is 21.6. The second-order valence-corrected chi connectivity index (χ2v) is 10.4. The maximum Gasteiger partial charge on any atom is 0.243 e. The molecule has 2 aromatic carbocycles. The summed E-state index contributed by atoms with van der Waals surface area (Å²) < 4.78 is 27.8. The third kappa shape index (κ3) is 6.45. The zero-order valence-corrected chi connectivity index (χ0v) is 19.0. The molecule has 0 aromatic heterocycles. The lowest BCUT2D eigenvalue weighted by atomic mass is 10.1. The largest absolute Gasteiger partial charge is 0.352 e. The van der Waals surface area contributed by atoms with Gasteiger partial charge in [-0.25, -0.2) is 8.42 Å². The summed E-state index contributed by atoms with van der Waals surface area (Å²) in [5.74, 6) is -0.290. The van der Waals surface area contributed by atoms with Crippen molar-refractivity contribution in [2.45, 2.75) is 56.0 Å². The molecule has 1 amide bonds. The smallest absolute Gasteiger partial charge is 0.243 e. The maximum atomic E-state index is 13.3. The second-order valence-electron chi connectivity index (χ2n) is 7.61. The fourth-order valence-corrected chi connectivity index (χ4v) is 5.40. The summed E-state index contributed by atoms with van der Waals surface area (Å²) >= 11 is 12.0. The molecule has 2 aromatic rings. The summed E-state index contributed by atoms with van der Waals surface area (Å²) in [6.45, 7) is -0.211. The maximum absolute atomic E-state index is 13.3. The molecule has 162 valence electrons. The molecule has 8 heteroatoms. The van der Waals surface area contributed by atoms with Gasteiger partial charge >= 0.3 is 0 Å². The second kappa shape index (κ2) is 10.6. The molecule has 30 heavy (non-hydrogen) atoms. The van der Waals surface area contributed by atoms with Crippen molar-refractivity contribution >= 4 is 39.1 Å². The van der Waals surface area contributed by atoms with E-state index >= 15 is 0 Å². The molecule has 0 radical (unpaired) electrons. The Hall–Kier alpha value is -1.60. The molecule has 0 atom stereocenters. The SMILES string of the molecule is O=C(CN(Cc1cccc(Cl)c1)S(=O)(=O)c1ccc(Cl)cc1)NC1CCCCCC1. The Morgan fingerprint density at radius 2 is 1.63 bits per heavy atom. The van der Waals surface area contributed by atoms with Crippen LogP contribution in [0.5, 0.6) is 0 Å². The van der Waals surface area contributed by atoms with Crippen LogP contribution in [0.4, 0.5) is 0 Å². The standard InChI is InChI=1S/C22H26Cl2N2O3S/c23-18-10-12-21(13-11-18)30(28,29)26(15-17-6-5-7-19(24)14-17)16-22(27)25-20-8-3-1-2-4-9-20/h5-7,10-14,20H,1-4,8-9,15-16H2,(H,25,27). The molecule has 0 heterocycles. The van der Waals surface area contributed by atoms with Gasteiger partial charge in [-0.05, 0) is 54.8 Å². The van der Waals surface area contributed by atoms with Gasteiger partial charge in [0.15, 0.2) is 0 Å². The van der Waals surface area contributed by atoms with Crippen molar-refractivity contribution in [2.24, 2.45) is 0 Å². The van der Waals surface area contributed by atoms with Crippen LogP contribution in [0.1, 0.15) is 44.1 Å². The van der Waals surface area contributed by atoms with Crippen molar-refractivity contribution in [3.05, 3.63) is 64.1 Å². The minimum absolute atomic E-state index is 0.0452. The molecule has 0 spiro atoms. The van der Waals surface area contributed by atoms with Crippen molar-refractivity contribution in [1.29, 1.82) is 0 Å². The molecule has 1 aliphatic rings. The van der Waals surface area contributed by atoms with E-state index in [9.17, 15) is 13.2 Å². The van der Waals surface area contributed by atoms with Crippen molar-refractivity contribution < 1.29 is 13.2 Å². The number of hydrogen-bond acceptors (Lipinski definition) is 3. The van der Waals surface area contributed by atoms with E-state index in [2.05, 4.69) is 5.32 Å². The van der Waals surface area contributed by atoms with E-state index in [4.69, 9.17) is 23.2 Å². The van der Waals surface area contributed by atoms with Crippen LogP contribution in [0.15, 0.2) is 53.4 Å². The average molecular weight is 469 g/mol. The number of carbonyl (C=O) groups is 1. The molecular weight excluding hydrogens is 443 g/mol. The fraction of sp³-hybridized carbons (Fsp3) is 0.409. The Morgan fingerprint density at radius 3 is 2.27 bits per heavy atom. The minimum atomic E-state index is -3.90. The number of nitrogens with one attached hydrogen (secondary N) is 1. The van der Waals surface area contributed by atoms with Gasteiger partial charge in [-0.1, -0.05) is 61.0 Å². The Balaban J connectivity index is 1.81.